The summed E-state index contributed by atoms with van der Waals surface area (Å²) in [6.45, 7) is 8.53. The fourth-order valence-corrected chi connectivity index (χ4v) is 2.85. The Morgan fingerprint density at radius 1 is 1.43 bits per heavy atom. The van der Waals surface area contributed by atoms with Crippen molar-refractivity contribution in [3.8, 4) is 0 Å². The van der Waals surface area contributed by atoms with Gasteiger partial charge in [-0.05, 0) is 25.3 Å². The predicted octanol–water partition coefficient (Wildman–Crippen LogP) is 3.67. The lowest BCUT2D eigenvalue weighted by Gasteiger charge is -2.22. The quantitative estimate of drug-likeness (QED) is 0.660. The van der Waals surface area contributed by atoms with Crippen LogP contribution in [0.2, 0.25) is 0 Å². The summed E-state index contributed by atoms with van der Waals surface area (Å²) in [6, 6.07) is 0. The number of rotatable bonds is 6. The summed E-state index contributed by atoms with van der Waals surface area (Å²) < 4.78 is 0. The minimum Gasteiger partial charge on any atom is -0.302 e. The van der Waals surface area contributed by atoms with E-state index in [0.29, 0.717) is 0 Å². The smallest absolute Gasteiger partial charge is 0.0285 e. The van der Waals surface area contributed by atoms with Crippen molar-refractivity contribution in [1.82, 2.24) is 4.90 Å². The molecule has 1 rings (SSSR count). The molecule has 0 aromatic carbocycles. The summed E-state index contributed by atoms with van der Waals surface area (Å²) in [4.78, 5) is 3.38. The van der Waals surface area contributed by atoms with Crippen molar-refractivity contribution in [3.63, 3.8) is 0 Å². The Bertz CT molecular complexity index is 149. The predicted molar refractivity (Wildman–Crippen MR) is 67.1 cm³/mol. The van der Waals surface area contributed by atoms with Crippen LogP contribution in [0.5, 0.6) is 0 Å². The first-order valence-corrected chi connectivity index (χ1v) is 7.04. The fraction of sp³-hybridized carbons (Fsp3) is 1.00. The zero-order valence-corrected chi connectivity index (χ0v) is 11.2. The third kappa shape index (κ3) is 4.31. The number of unbranched alkanes of at least 4 members (excludes halogenated alkanes) is 1. The van der Waals surface area contributed by atoms with E-state index in [-0.39, 0.29) is 0 Å². The van der Waals surface area contributed by atoms with Gasteiger partial charge in [0.2, 0.25) is 0 Å². The molecule has 0 aromatic heterocycles. The lowest BCUT2D eigenvalue weighted by atomic mass is 9.99. The van der Waals surface area contributed by atoms with E-state index in [1.165, 1.54) is 51.7 Å². The van der Waals surface area contributed by atoms with Gasteiger partial charge in [-0.3, -0.25) is 0 Å². The summed E-state index contributed by atoms with van der Waals surface area (Å²) in [6.07, 6.45) is 6.87. The molecule has 2 unspecified atom stereocenters. The van der Waals surface area contributed by atoms with Crippen molar-refractivity contribution in [3.05, 3.63) is 0 Å². The summed E-state index contributed by atoms with van der Waals surface area (Å²) >= 11 is 3.70. The Labute approximate surface area is 97.4 Å². The maximum absolute atomic E-state index is 3.70. The first kappa shape index (κ1) is 12.5. The van der Waals surface area contributed by atoms with E-state index in [1.54, 1.807) is 0 Å². The third-order valence-electron chi connectivity index (χ3n) is 3.27. The van der Waals surface area contributed by atoms with Gasteiger partial charge < -0.3 is 4.90 Å². The van der Waals surface area contributed by atoms with E-state index in [0.717, 1.165) is 10.7 Å². The third-order valence-corrected chi connectivity index (χ3v) is 4.02. The minimum atomic E-state index is 0.756. The molecule has 0 amide bonds. The van der Waals surface area contributed by atoms with Crippen LogP contribution in [0.4, 0.5) is 0 Å². The van der Waals surface area contributed by atoms with Gasteiger partial charge in [0.1, 0.15) is 0 Å². The molecule has 1 saturated heterocycles. The molecule has 0 spiro atoms. The topological polar surface area (TPSA) is 3.24 Å². The normalized spacial score (nSPS) is 25.5. The van der Waals surface area contributed by atoms with Gasteiger partial charge in [-0.1, -0.05) is 49.0 Å². The van der Waals surface area contributed by atoms with Crippen LogP contribution in [0, 0.1) is 5.92 Å². The zero-order valence-electron chi connectivity index (χ0n) is 9.64. The van der Waals surface area contributed by atoms with Crippen LogP contribution in [0.25, 0.3) is 0 Å². The zero-order chi connectivity index (χ0) is 10.4. The molecule has 0 saturated carbocycles. The van der Waals surface area contributed by atoms with Crippen molar-refractivity contribution >= 4 is 15.9 Å². The van der Waals surface area contributed by atoms with Crippen LogP contribution in [-0.2, 0) is 0 Å². The van der Waals surface area contributed by atoms with Crippen LogP contribution in [0.1, 0.15) is 46.0 Å². The molecule has 1 fully saturated rings. The second-order valence-corrected chi connectivity index (χ2v) is 5.86. The van der Waals surface area contributed by atoms with Crippen LogP contribution in [-0.4, -0.2) is 29.4 Å². The number of likely N-dealkylation sites (tertiary alicyclic amines) is 1. The van der Waals surface area contributed by atoms with E-state index in [2.05, 4.69) is 34.7 Å². The van der Waals surface area contributed by atoms with Crippen molar-refractivity contribution in [2.45, 2.75) is 50.8 Å². The molecular formula is C12H24BrN. The second-order valence-electron chi connectivity index (χ2n) is 4.56. The van der Waals surface area contributed by atoms with E-state index >= 15 is 0 Å². The fourth-order valence-electron chi connectivity index (χ4n) is 2.23. The summed E-state index contributed by atoms with van der Waals surface area (Å²) in [5.41, 5.74) is 0. The first-order valence-electron chi connectivity index (χ1n) is 6.12. The standard InChI is InChI=1S/C12H24BrN/c1-3-5-6-11(4-2)9-14-8-7-12(13)10-14/h11-12H,3-10H2,1-2H3. The maximum Gasteiger partial charge on any atom is 0.0285 e. The largest absolute Gasteiger partial charge is 0.302 e. The summed E-state index contributed by atoms with van der Waals surface area (Å²) in [7, 11) is 0. The number of alkyl halides is 1. The molecule has 1 aliphatic rings. The number of nitrogens with zero attached hydrogens (tertiary/aromatic N) is 1. The van der Waals surface area contributed by atoms with Gasteiger partial charge in [-0.2, -0.15) is 0 Å². The molecule has 0 aromatic rings. The van der Waals surface area contributed by atoms with Gasteiger partial charge in [-0.15, -0.1) is 0 Å². The van der Waals surface area contributed by atoms with Gasteiger partial charge in [0, 0.05) is 17.9 Å². The lowest BCUT2D eigenvalue weighted by Crippen LogP contribution is -2.27. The van der Waals surface area contributed by atoms with E-state index < -0.39 is 0 Å². The molecule has 0 radical (unpaired) electrons. The van der Waals surface area contributed by atoms with Gasteiger partial charge >= 0.3 is 0 Å². The molecular weight excluding hydrogens is 238 g/mol. The molecule has 1 aliphatic heterocycles. The maximum atomic E-state index is 3.70. The van der Waals surface area contributed by atoms with Gasteiger partial charge in [-0.25, -0.2) is 0 Å². The van der Waals surface area contributed by atoms with Crippen molar-refractivity contribution in [2.24, 2.45) is 5.92 Å². The highest BCUT2D eigenvalue weighted by Crippen LogP contribution is 2.20. The highest BCUT2D eigenvalue weighted by atomic mass is 79.9. The van der Waals surface area contributed by atoms with Gasteiger partial charge in [0.25, 0.3) is 0 Å². The molecule has 0 aliphatic carbocycles. The Morgan fingerprint density at radius 2 is 2.21 bits per heavy atom. The van der Waals surface area contributed by atoms with Crippen molar-refractivity contribution in [2.75, 3.05) is 19.6 Å². The van der Waals surface area contributed by atoms with Gasteiger partial charge in [0.15, 0.2) is 0 Å². The monoisotopic (exact) mass is 261 g/mol. The van der Waals surface area contributed by atoms with Crippen LogP contribution < -0.4 is 0 Å². The molecule has 2 atom stereocenters. The van der Waals surface area contributed by atoms with E-state index in [4.69, 9.17) is 0 Å². The highest BCUT2D eigenvalue weighted by Gasteiger charge is 2.21. The average molecular weight is 262 g/mol. The number of hydrogen-bond donors (Lipinski definition) is 0. The summed E-state index contributed by atoms with van der Waals surface area (Å²) in [5.74, 6) is 0.938. The average Bonchev–Trinajstić information content (AvgIpc) is 2.58. The highest BCUT2D eigenvalue weighted by molar-refractivity contribution is 9.09. The van der Waals surface area contributed by atoms with Crippen LogP contribution >= 0.6 is 15.9 Å². The molecule has 84 valence electrons. The molecule has 0 bridgehead atoms. The minimum absolute atomic E-state index is 0.756. The van der Waals surface area contributed by atoms with Gasteiger partial charge in [0.05, 0.1) is 0 Å². The van der Waals surface area contributed by atoms with E-state index in [9.17, 15) is 0 Å². The first-order chi connectivity index (χ1) is 6.76. The number of hydrogen-bond acceptors (Lipinski definition) is 1. The molecule has 14 heavy (non-hydrogen) atoms. The summed E-state index contributed by atoms with van der Waals surface area (Å²) in [5, 5.41) is 0. The Morgan fingerprint density at radius 3 is 2.71 bits per heavy atom. The molecule has 2 heteroatoms. The Kier molecular flexibility index (Phi) is 6.11. The van der Waals surface area contributed by atoms with Crippen LogP contribution in [0.3, 0.4) is 0 Å². The van der Waals surface area contributed by atoms with E-state index in [1.807, 2.05) is 0 Å². The molecule has 1 nitrogen and oxygen atoms in total. The lowest BCUT2D eigenvalue weighted by molar-refractivity contribution is 0.261. The van der Waals surface area contributed by atoms with Crippen LogP contribution in [0.15, 0.2) is 0 Å². The molecule has 0 N–H and O–H groups in total. The number of halogens is 1. The second kappa shape index (κ2) is 6.84. The van der Waals surface area contributed by atoms with Crippen molar-refractivity contribution < 1.29 is 0 Å². The molecule has 1 heterocycles. The Balaban J connectivity index is 2.19. The van der Waals surface area contributed by atoms with Crippen molar-refractivity contribution in [1.29, 1.82) is 0 Å². The Hall–Kier alpha value is 0.440. The SMILES string of the molecule is CCCCC(CC)CN1CCC(Br)C1.